The molecule has 0 bridgehead atoms. The number of aryl methyl sites for hydroxylation is 3. The number of rotatable bonds is 4. The van der Waals surface area contributed by atoms with Gasteiger partial charge in [-0.1, -0.05) is 81.4 Å². The van der Waals surface area contributed by atoms with E-state index in [1.165, 1.54) is 34.4 Å². The number of para-hydroxylation sites is 1. The Morgan fingerprint density at radius 3 is 2.47 bits per heavy atom. The minimum absolute atomic E-state index is 0.0873. The summed E-state index contributed by atoms with van der Waals surface area (Å²) in [5.41, 5.74) is 6.07. The molecular formula is C29H32N2OS2. The van der Waals surface area contributed by atoms with Crippen molar-refractivity contribution in [1.82, 2.24) is 9.55 Å². The van der Waals surface area contributed by atoms with Crippen molar-refractivity contribution in [1.29, 1.82) is 0 Å². The molecule has 0 N–H and O–H groups in total. The van der Waals surface area contributed by atoms with Crippen LogP contribution in [0.4, 0.5) is 0 Å². The average Bonchev–Trinajstić information content (AvgIpc) is 2.99. The molecule has 5 heteroatoms. The molecule has 0 unspecified atom stereocenters. The second kappa shape index (κ2) is 9.35. The quantitative estimate of drug-likeness (QED) is 0.168. The van der Waals surface area contributed by atoms with Crippen molar-refractivity contribution >= 4 is 33.3 Å². The van der Waals surface area contributed by atoms with Gasteiger partial charge in [-0.25, -0.2) is 4.98 Å². The Bertz CT molecular complexity index is 1390. The zero-order valence-electron chi connectivity index (χ0n) is 20.5. The van der Waals surface area contributed by atoms with Gasteiger partial charge >= 0.3 is 0 Å². The summed E-state index contributed by atoms with van der Waals surface area (Å²) in [5, 5.41) is 1.63. The van der Waals surface area contributed by atoms with Crippen molar-refractivity contribution in [2.24, 2.45) is 0 Å². The molecule has 176 valence electrons. The number of fused-ring (bicyclic) bond motifs is 3. The fourth-order valence-corrected chi connectivity index (χ4v) is 7.00. The van der Waals surface area contributed by atoms with E-state index in [-0.39, 0.29) is 11.0 Å². The van der Waals surface area contributed by atoms with Crippen LogP contribution in [0, 0.1) is 6.92 Å². The third-order valence-electron chi connectivity index (χ3n) is 6.75. The van der Waals surface area contributed by atoms with Crippen LogP contribution in [0.3, 0.4) is 0 Å². The van der Waals surface area contributed by atoms with Crippen LogP contribution < -0.4 is 5.56 Å². The first-order valence-corrected chi connectivity index (χ1v) is 14.0. The Hall–Kier alpha value is -2.37. The molecule has 34 heavy (non-hydrogen) atoms. The molecule has 0 spiro atoms. The van der Waals surface area contributed by atoms with Gasteiger partial charge in [0.15, 0.2) is 5.16 Å². The maximum absolute atomic E-state index is 14.0. The number of nitrogens with zero attached hydrogens (tertiary/aromatic N) is 2. The Kier molecular flexibility index (Phi) is 6.43. The molecule has 4 aromatic rings. The van der Waals surface area contributed by atoms with E-state index >= 15 is 0 Å². The molecule has 0 fully saturated rings. The molecule has 0 aliphatic heterocycles. The molecule has 5 rings (SSSR count). The maximum Gasteiger partial charge on any atom is 0.267 e. The Balaban J connectivity index is 1.60. The van der Waals surface area contributed by atoms with Gasteiger partial charge in [0.1, 0.15) is 4.83 Å². The predicted octanol–water partition coefficient (Wildman–Crippen LogP) is 7.61. The van der Waals surface area contributed by atoms with Gasteiger partial charge in [-0.15, -0.1) is 11.3 Å². The van der Waals surface area contributed by atoms with E-state index < -0.39 is 0 Å². The molecule has 0 amide bonds. The lowest BCUT2D eigenvalue weighted by molar-refractivity contribution is 0.590. The molecule has 2 aromatic carbocycles. The van der Waals surface area contributed by atoms with Crippen LogP contribution in [0.2, 0.25) is 0 Å². The van der Waals surface area contributed by atoms with Gasteiger partial charge in [0.05, 0.1) is 11.1 Å². The third-order valence-corrected chi connectivity index (χ3v) is 8.95. The number of benzene rings is 2. The average molecular weight is 489 g/mol. The summed E-state index contributed by atoms with van der Waals surface area (Å²) in [6, 6.07) is 17.0. The number of hydrogen-bond donors (Lipinski definition) is 0. The zero-order chi connectivity index (χ0) is 23.9. The maximum atomic E-state index is 14.0. The lowest BCUT2D eigenvalue weighted by atomic mass is 9.87. The fraction of sp³-hybridized carbons (Fsp3) is 0.379. The van der Waals surface area contributed by atoms with E-state index in [1.807, 2.05) is 22.8 Å². The van der Waals surface area contributed by atoms with Gasteiger partial charge in [0.2, 0.25) is 0 Å². The van der Waals surface area contributed by atoms with Gasteiger partial charge in [0.25, 0.3) is 5.56 Å². The van der Waals surface area contributed by atoms with Crippen LogP contribution in [-0.2, 0) is 24.0 Å². The summed E-state index contributed by atoms with van der Waals surface area (Å²) in [4.78, 5) is 21.4. The first-order valence-electron chi connectivity index (χ1n) is 12.2. The monoisotopic (exact) mass is 488 g/mol. The van der Waals surface area contributed by atoms with Crippen molar-refractivity contribution in [2.75, 3.05) is 0 Å². The smallest absolute Gasteiger partial charge is 0.267 e. The van der Waals surface area contributed by atoms with Crippen LogP contribution in [0.25, 0.3) is 15.9 Å². The van der Waals surface area contributed by atoms with Crippen LogP contribution in [-0.4, -0.2) is 9.55 Å². The molecular weight excluding hydrogens is 456 g/mol. The fourth-order valence-electron chi connectivity index (χ4n) is 4.74. The molecule has 1 aliphatic carbocycles. The first kappa shape index (κ1) is 23.4. The molecule has 1 aliphatic rings. The van der Waals surface area contributed by atoms with E-state index in [2.05, 4.69) is 58.0 Å². The Labute approximate surface area is 210 Å². The summed E-state index contributed by atoms with van der Waals surface area (Å²) < 4.78 is 1.86. The summed E-state index contributed by atoms with van der Waals surface area (Å²) in [6.45, 7) is 8.78. The molecule has 2 aromatic heterocycles. The van der Waals surface area contributed by atoms with Crippen LogP contribution in [0.5, 0.6) is 0 Å². The second-order valence-corrected chi connectivity index (χ2v) is 12.3. The van der Waals surface area contributed by atoms with E-state index in [4.69, 9.17) is 4.98 Å². The highest BCUT2D eigenvalue weighted by molar-refractivity contribution is 7.98. The van der Waals surface area contributed by atoms with Crippen LogP contribution in [0.1, 0.15) is 67.2 Å². The largest absolute Gasteiger partial charge is 0.268 e. The predicted molar refractivity (Wildman–Crippen MR) is 146 cm³/mol. The summed E-state index contributed by atoms with van der Waals surface area (Å²) in [7, 11) is 0. The summed E-state index contributed by atoms with van der Waals surface area (Å²) in [6.07, 6.45) is 5.67. The van der Waals surface area contributed by atoms with Crippen molar-refractivity contribution in [3.63, 3.8) is 0 Å². The molecule has 0 saturated carbocycles. The second-order valence-electron chi connectivity index (χ2n) is 10.3. The molecule has 3 nitrogen and oxygen atoms in total. The number of hydrogen-bond acceptors (Lipinski definition) is 4. The normalized spacial score (nSPS) is 14.2. The number of thiophene rings is 1. The minimum Gasteiger partial charge on any atom is -0.268 e. The Morgan fingerprint density at radius 1 is 1.00 bits per heavy atom. The van der Waals surface area contributed by atoms with Crippen molar-refractivity contribution in [3.8, 4) is 5.69 Å². The van der Waals surface area contributed by atoms with Crippen molar-refractivity contribution in [2.45, 2.75) is 76.1 Å². The van der Waals surface area contributed by atoms with Gasteiger partial charge in [-0.2, -0.15) is 0 Å². The lowest BCUT2D eigenvalue weighted by Gasteiger charge is -2.19. The zero-order valence-corrected chi connectivity index (χ0v) is 22.1. The molecule has 0 radical (unpaired) electrons. The summed E-state index contributed by atoms with van der Waals surface area (Å²) >= 11 is 3.39. The van der Waals surface area contributed by atoms with Crippen molar-refractivity contribution < 1.29 is 0 Å². The van der Waals surface area contributed by atoms with Gasteiger partial charge in [-0.05, 0) is 66.3 Å². The highest BCUT2D eigenvalue weighted by Crippen LogP contribution is 2.35. The highest BCUT2D eigenvalue weighted by atomic mass is 32.2. The van der Waals surface area contributed by atoms with Gasteiger partial charge < -0.3 is 0 Å². The SMILES string of the molecule is Cc1ccccc1-n1c(SCc2ccc(C(C)(C)C)cc2)nc2sc3c(c2c1=O)CCCCC3. The standard InChI is InChI=1S/C29H32N2OS2/c1-19-10-8-9-12-23(19)31-27(32)25-22-11-6-5-7-13-24(22)34-26(25)30-28(31)33-18-20-14-16-21(17-15-20)29(2,3)4/h8-10,12,14-17H,5-7,11,13,18H2,1-4H3. The number of aromatic nitrogens is 2. The van der Waals surface area contributed by atoms with E-state index in [0.29, 0.717) is 0 Å². The topological polar surface area (TPSA) is 34.9 Å². The first-order chi connectivity index (χ1) is 16.3. The van der Waals surface area contributed by atoms with Crippen molar-refractivity contribution in [3.05, 3.63) is 86.0 Å². The highest BCUT2D eigenvalue weighted by Gasteiger charge is 2.23. The summed E-state index contributed by atoms with van der Waals surface area (Å²) in [5.74, 6) is 0.777. The van der Waals surface area contributed by atoms with E-state index in [9.17, 15) is 4.79 Å². The van der Waals surface area contributed by atoms with E-state index in [0.717, 1.165) is 51.6 Å². The third kappa shape index (κ3) is 4.48. The van der Waals surface area contributed by atoms with Gasteiger partial charge in [-0.3, -0.25) is 9.36 Å². The number of thioether (sulfide) groups is 1. The lowest BCUT2D eigenvalue weighted by Crippen LogP contribution is -2.22. The van der Waals surface area contributed by atoms with E-state index in [1.54, 1.807) is 23.1 Å². The molecule has 0 atom stereocenters. The Morgan fingerprint density at radius 2 is 1.74 bits per heavy atom. The molecule has 0 saturated heterocycles. The van der Waals surface area contributed by atoms with Crippen LogP contribution in [0.15, 0.2) is 58.5 Å². The molecule has 2 heterocycles. The van der Waals surface area contributed by atoms with Crippen LogP contribution >= 0.6 is 23.1 Å². The van der Waals surface area contributed by atoms with Gasteiger partial charge in [0, 0.05) is 10.6 Å². The minimum atomic E-state index is 0.0873.